The van der Waals surface area contributed by atoms with Crippen molar-refractivity contribution >= 4 is 37.5 Å². The van der Waals surface area contributed by atoms with Crippen LogP contribution in [0.3, 0.4) is 0 Å². The van der Waals surface area contributed by atoms with Crippen LogP contribution in [-0.2, 0) is 21.2 Å². The number of nitrogens with one attached hydrogen (secondary N) is 1. The number of benzene rings is 2. The van der Waals surface area contributed by atoms with Crippen molar-refractivity contribution in [3.8, 4) is 5.75 Å². The highest BCUT2D eigenvalue weighted by atomic mass is 79.9. The maximum atomic E-state index is 12.5. The Morgan fingerprint density at radius 1 is 1.25 bits per heavy atom. The van der Waals surface area contributed by atoms with Gasteiger partial charge in [0.2, 0.25) is 10.0 Å². The maximum Gasteiger partial charge on any atom is 0.264 e. The fourth-order valence-corrected chi connectivity index (χ4v) is 4.72. The van der Waals surface area contributed by atoms with Crippen molar-refractivity contribution in [3.05, 3.63) is 52.5 Å². The first kappa shape index (κ1) is 20.8. The quantitative estimate of drug-likeness (QED) is 0.677. The van der Waals surface area contributed by atoms with E-state index in [0.29, 0.717) is 18.7 Å². The van der Waals surface area contributed by atoms with E-state index in [4.69, 9.17) is 4.74 Å². The molecule has 0 saturated carbocycles. The van der Waals surface area contributed by atoms with Crippen molar-refractivity contribution in [3.63, 3.8) is 0 Å². The summed E-state index contributed by atoms with van der Waals surface area (Å²) in [7, 11) is -3.55. The Morgan fingerprint density at radius 3 is 2.64 bits per heavy atom. The van der Waals surface area contributed by atoms with Crippen LogP contribution in [0.25, 0.3) is 0 Å². The molecule has 1 amide bonds. The van der Waals surface area contributed by atoms with E-state index < -0.39 is 10.0 Å². The van der Waals surface area contributed by atoms with Gasteiger partial charge in [-0.15, -0.1) is 0 Å². The lowest BCUT2D eigenvalue weighted by molar-refractivity contribution is -0.120. The molecule has 2 aromatic carbocycles. The molecule has 0 radical (unpaired) electrons. The summed E-state index contributed by atoms with van der Waals surface area (Å²) in [4.78, 5) is 14.4. The smallest absolute Gasteiger partial charge is 0.264 e. The third-order valence-corrected chi connectivity index (χ3v) is 6.80. The van der Waals surface area contributed by atoms with Gasteiger partial charge in [0.1, 0.15) is 5.75 Å². The van der Waals surface area contributed by atoms with Gasteiger partial charge in [-0.05, 0) is 67.8 Å². The molecule has 0 unspecified atom stereocenters. The van der Waals surface area contributed by atoms with Crippen LogP contribution in [0.4, 0.5) is 5.69 Å². The molecule has 0 fully saturated rings. The van der Waals surface area contributed by atoms with Crippen LogP contribution in [0.1, 0.15) is 25.8 Å². The minimum absolute atomic E-state index is 0.104. The predicted molar refractivity (Wildman–Crippen MR) is 112 cm³/mol. The molecule has 28 heavy (non-hydrogen) atoms. The number of carbonyl (C=O) groups is 1. The van der Waals surface area contributed by atoms with Crippen molar-refractivity contribution in [2.75, 3.05) is 18.1 Å². The Labute approximate surface area is 174 Å². The Kier molecular flexibility index (Phi) is 6.42. The first-order chi connectivity index (χ1) is 13.3. The van der Waals surface area contributed by atoms with Gasteiger partial charge in [0.05, 0.1) is 4.90 Å². The van der Waals surface area contributed by atoms with Crippen molar-refractivity contribution in [1.29, 1.82) is 0 Å². The number of nitrogens with zero attached hydrogens (tertiary/aromatic N) is 1. The molecular formula is C20H23BrN2O4S. The van der Waals surface area contributed by atoms with Crippen LogP contribution in [0.15, 0.2) is 51.8 Å². The number of anilines is 1. The molecule has 0 spiro atoms. The van der Waals surface area contributed by atoms with E-state index in [-0.39, 0.29) is 23.5 Å². The summed E-state index contributed by atoms with van der Waals surface area (Å²) >= 11 is 3.44. The molecule has 8 heteroatoms. The van der Waals surface area contributed by atoms with Crippen LogP contribution < -0.4 is 14.4 Å². The summed E-state index contributed by atoms with van der Waals surface area (Å²) in [5, 5.41) is 0. The van der Waals surface area contributed by atoms with Crippen molar-refractivity contribution < 1.29 is 17.9 Å². The Hall–Kier alpha value is -1.90. The fourth-order valence-electron chi connectivity index (χ4n) is 2.98. The molecular weight excluding hydrogens is 444 g/mol. The lowest BCUT2D eigenvalue weighted by Crippen LogP contribution is -2.33. The van der Waals surface area contributed by atoms with Crippen molar-refractivity contribution in [2.45, 2.75) is 37.6 Å². The maximum absolute atomic E-state index is 12.5. The van der Waals surface area contributed by atoms with E-state index in [1.807, 2.05) is 32.0 Å². The van der Waals surface area contributed by atoms with Crippen molar-refractivity contribution in [2.24, 2.45) is 0 Å². The second-order valence-corrected chi connectivity index (χ2v) is 9.39. The molecule has 150 valence electrons. The highest BCUT2D eigenvalue weighted by Gasteiger charge is 2.25. The number of sulfonamides is 1. The molecule has 1 atom stereocenters. The summed E-state index contributed by atoms with van der Waals surface area (Å²) in [5.74, 6) is 0.322. The zero-order valence-corrected chi connectivity index (χ0v) is 18.2. The second-order valence-electron chi connectivity index (χ2n) is 6.76. The lowest BCUT2D eigenvalue weighted by Gasteiger charge is -2.18. The molecule has 3 rings (SSSR count). The Bertz CT molecular complexity index is 961. The summed E-state index contributed by atoms with van der Waals surface area (Å²) in [6.45, 7) is 4.26. The van der Waals surface area contributed by atoms with E-state index in [1.54, 1.807) is 17.0 Å². The molecule has 0 aliphatic carbocycles. The van der Waals surface area contributed by atoms with Gasteiger partial charge in [-0.1, -0.05) is 22.9 Å². The summed E-state index contributed by atoms with van der Waals surface area (Å²) < 4.78 is 33.7. The molecule has 0 aromatic heterocycles. The SMILES string of the molecule is CC[C@@H](C)NS(=O)(=O)c1ccc(OCC(=O)N2CCc3cc(Br)ccc32)cc1. The zero-order chi connectivity index (χ0) is 20.3. The van der Waals surface area contributed by atoms with Gasteiger partial charge in [0, 0.05) is 22.7 Å². The molecule has 1 heterocycles. The molecule has 2 aromatic rings. The molecule has 6 nitrogen and oxygen atoms in total. The minimum Gasteiger partial charge on any atom is -0.484 e. The van der Waals surface area contributed by atoms with E-state index in [9.17, 15) is 13.2 Å². The average molecular weight is 467 g/mol. The Morgan fingerprint density at radius 2 is 1.96 bits per heavy atom. The number of ether oxygens (including phenoxy) is 1. The van der Waals surface area contributed by atoms with Crippen LogP contribution in [0, 0.1) is 0 Å². The van der Waals surface area contributed by atoms with Gasteiger partial charge in [0.15, 0.2) is 6.61 Å². The molecule has 0 saturated heterocycles. The average Bonchev–Trinajstić information content (AvgIpc) is 3.09. The van der Waals surface area contributed by atoms with Gasteiger partial charge in [-0.2, -0.15) is 0 Å². The van der Waals surface area contributed by atoms with E-state index in [0.717, 1.165) is 22.1 Å². The summed E-state index contributed by atoms with van der Waals surface area (Å²) in [6.07, 6.45) is 1.52. The minimum atomic E-state index is -3.55. The largest absolute Gasteiger partial charge is 0.484 e. The number of rotatable bonds is 7. The Balaban J connectivity index is 1.61. The highest BCUT2D eigenvalue weighted by molar-refractivity contribution is 9.10. The lowest BCUT2D eigenvalue weighted by atomic mass is 10.2. The predicted octanol–water partition coefficient (Wildman–Crippen LogP) is 3.49. The molecule has 0 bridgehead atoms. The third-order valence-electron chi connectivity index (χ3n) is 4.70. The van der Waals surface area contributed by atoms with E-state index >= 15 is 0 Å². The second kappa shape index (κ2) is 8.63. The van der Waals surface area contributed by atoms with Crippen molar-refractivity contribution in [1.82, 2.24) is 4.72 Å². The number of carbonyl (C=O) groups excluding carboxylic acids is 1. The van der Waals surface area contributed by atoms with Crippen LogP contribution >= 0.6 is 15.9 Å². The summed E-state index contributed by atoms with van der Waals surface area (Å²) in [5.41, 5.74) is 2.04. The summed E-state index contributed by atoms with van der Waals surface area (Å²) in [6, 6.07) is 11.8. The van der Waals surface area contributed by atoms with Crippen LogP contribution in [0.2, 0.25) is 0 Å². The fraction of sp³-hybridized carbons (Fsp3) is 0.350. The molecule has 1 aliphatic rings. The first-order valence-corrected chi connectivity index (χ1v) is 11.4. The molecule has 1 N–H and O–H groups in total. The van der Waals surface area contributed by atoms with Gasteiger partial charge in [-0.3, -0.25) is 4.79 Å². The standard InChI is InChI=1S/C20H23BrN2O4S/c1-3-14(2)22-28(25,26)18-7-5-17(6-8-18)27-13-20(24)23-11-10-15-12-16(21)4-9-19(15)23/h4-9,12,14,22H,3,10-11,13H2,1-2H3/t14-/m1/s1. The topological polar surface area (TPSA) is 75.7 Å². The number of amides is 1. The number of hydrogen-bond acceptors (Lipinski definition) is 4. The number of hydrogen-bond donors (Lipinski definition) is 1. The van der Waals surface area contributed by atoms with Gasteiger partial charge >= 0.3 is 0 Å². The van der Waals surface area contributed by atoms with Crippen LogP contribution in [0.5, 0.6) is 5.75 Å². The van der Waals surface area contributed by atoms with E-state index in [2.05, 4.69) is 20.7 Å². The number of halogens is 1. The number of fused-ring (bicyclic) bond motifs is 1. The van der Waals surface area contributed by atoms with Gasteiger partial charge in [0.25, 0.3) is 5.91 Å². The van der Waals surface area contributed by atoms with E-state index in [1.165, 1.54) is 12.1 Å². The van der Waals surface area contributed by atoms with Gasteiger partial charge < -0.3 is 9.64 Å². The first-order valence-electron chi connectivity index (χ1n) is 9.14. The third kappa shape index (κ3) is 4.74. The normalized spacial score (nSPS) is 14.6. The van der Waals surface area contributed by atoms with Gasteiger partial charge in [-0.25, -0.2) is 13.1 Å². The highest BCUT2D eigenvalue weighted by Crippen LogP contribution is 2.30. The van der Waals surface area contributed by atoms with Crippen LogP contribution in [-0.4, -0.2) is 33.5 Å². The zero-order valence-electron chi connectivity index (χ0n) is 15.8. The molecule has 1 aliphatic heterocycles. The monoisotopic (exact) mass is 466 g/mol.